The third-order valence-corrected chi connectivity index (χ3v) is 21.2. The van der Waals surface area contributed by atoms with Crippen molar-refractivity contribution in [1.82, 2.24) is 5.32 Å². The largest absolute Gasteiger partial charge is 0.394 e. The van der Waals surface area contributed by atoms with Gasteiger partial charge in [0.1, 0.15) is 48.8 Å². The molecule has 1 amide bonds. The molecule has 14 nitrogen and oxygen atoms in total. The average molecular weight is 1440 g/mol. The Hall–Kier alpha value is -2.31. The fourth-order valence-electron chi connectivity index (χ4n) is 14.3. The van der Waals surface area contributed by atoms with Crippen LogP contribution in [0.1, 0.15) is 399 Å². The van der Waals surface area contributed by atoms with Crippen LogP contribution in [0.15, 0.2) is 60.8 Å². The van der Waals surface area contributed by atoms with Gasteiger partial charge in [-0.05, 0) is 77.0 Å². The maximum absolute atomic E-state index is 13.4. The van der Waals surface area contributed by atoms with Crippen molar-refractivity contribution in [1.29, 1.82) is 0 Å². The molecule has 2 aliphatic heterocycles. The number of hydrogen-bond donors (Lipinski definition) is 9. The predicted molar refractivity (Wildman–Crippen MR) is 424 cm³/mol. The zero-order chi connectivity index (χ0) is 73.7. The number of aliphatic hydroxyl groups is 8. The van der Waals surface area contributed by atoms with E-state index in [1.165, 1.54) is 315 Å². The van der Waals surface area contributed by atoms with Crippen LogP contribution in [0.5, 0.6) is 0 Å². The summed E-state index contributed by atoms with van der Waals surface area (Å²) in [4.78, 5) is 13.4. The first-order valence-electron chi connectivity index (χ1n) is 43.5. The van der Waals surface area contributed by atoms with E-state index >= 15 is 0 Å². The smallest absolute Gasteiger partial charge is 0.220 e. The van der Waals surface area contributed by atoms with Crippen LogP contribution < -0.4 is 5.32 Å². The fraction of sp³-hybridized carbons (Fsp3) is 0.875. The van der Waals surface area contributed by atoms with E-state index in [4.69, 9.17) is 18.9 Å². The topological polar surface area (TPSA) is 228 Å². The van der Waals surface area contributed by atoms with Gasteiger partial charge in [-0.15, -0.1) is 0 Å². The maximum atomic E-state index is 13.4. The number of ether oxygens (including phenoxy) is 4. The van der Waals surface area contributed by atoms with Crippen molar-refractivity contribution in [2.24, 2.45) is 0 Å². The summed E-state index contributed by atoms with van der Waals surface area (Å²) in [5, 5.41) is 87.7. The third kappa shape index (κ3) is 53.5. The molecule has 12 atom stereocenters. The Kier molecular flexibility index (Phi) is 67.2. The monoisotopic (exact) mass is 1440 g/mol. The van der Waals surface area contributed by atoms with Crippen LogP contribution in [-0.2, 0) is 23.7 Å². The molecule has 12 unspecified atom stereocenters. The number of allylic oxidation sites excluding steroid dienone is 9. The molecule has 14 heteroatoms. The lowest BCUT2D eigenvalue weighted by atomic mass is 9.97. The van der Waals surface area contributed by atoms with Gasteiger partial charge in [-0.1, -0.05) is 376 Å². The minimum atomic E-state index is -1.79. The molecule has 0 aromatic heterocycles. The van der Waals surface area contributed by atoms with E-state index in [2.05, 4.69) is 67.8 Å². The standard InChI is InChI=1S/C88H163NO13/c1-3-5-7-9-11-13-15-17-19-21-23-25-27-29-31-32-33-34-35-36-37-38-39-40-41-42-43-44-46-48-50-52-54-56-58-60-62-64-66-68-70-72-80(93)89-76(75-99-87-85(98)83(96)86(79(74-91)101-87)102-88-84(97)82(95)81(94)78(73-90)100-88)77(92)71-69-67-65-63-61-59-57-55-53-51-49-47-45-30-28-26-24-22-20-18-16-14-12-10-8-6-4-2/h15,17,21,23,53,55,61,63,69,71,76-79,81-88,90-92,94-98H,3-14,16,18-20,22,24-52,54,56-60,62,64-68,70,72-75H2,1-2H3,(H,89,93)/b17-15-,23-21-,55-53+,63-61+,71-69+. The van der Waals surface area contributed by atoms with Crippen molar-refractivity contribution in [3.05, 3.63) is 60.8 Å². The molecular formula is C88H163NO13. The Morgan fingerprint density at radius 2 is 0.657 bits per heavy atom. The second-order valence-electron chi connectivity index (χ2n) is 30.6. The number of carbonyl (C=O) groups is 1. The van der Waals surface area contributed by atoms with E-state index in [0.29, 0.717) is 12.8 Å². The summed E-state index contributed by atoms with van der Waals surface area (Å²) in [7, 11) is 0. The summed E-state index contributed by atoms with van der Waals surface area (Å²) in [6.45, 7) is 2.83. The Morgan fingerprint density at radius 1 is 0.353 bits per heavy atom. The predicted octanol–water partition coefficient (Wildman–Crippen LogP) is 20.7. The van der Waals surface area contributed by atoms with Crippen LogP contribution in [0.25, 0.3) is 0 Å². The molecule has 9 N–H and O–H groups in total. The van der Waals surface area contributed by atoms with Crippen LogP contribution in [0.4, 0.5) is 0 Å². The molecule has 2 fully saturated rings. The molecule has 2 heterocycles. The average Bonchev–Trinajstić information content (AvgIpc) is 0.790. The molecule has 2 aliphatic rings. The second-order valence-corrected chi connectivity index (χ2v) is 30.6. The Balaban J connectivity index is 1.57. The molecule has 2 saturated heterocycles. The van der Waals surface area contributed by atoms with Gasteiger partial charge in [0.05, 0.1) is 32.0 Å². The zero-order valence-corrected chi connectivity index (χ0v) is 65.9. The first-order chi connectivity index (χ1) is 50.1. The van der Waals surface area contributed by atoms with E-state index < -0.39 is 86.8 Å². The lowest BCUT2D eigenvalue weighted by Gasteiger charge is -2.46. The van der Waals surface area contributed by atoms with Crippen molar-refractivity contribution in [3.63, 3.8) is 0 Å². The molecule has 0 aromatic rings. The van der Waals surface area contributed by atoms with Gasteiger partial charge in [0.15, 0.2) is 12.6 Å². The van der Waals surface area contributed by atoms with Crippen molar-refractivity contribution in [3.8, 4) is 0 Å². The van der Waals surface area contributed by atoms with Gasteiger partial charge < -0.3 is 65.1 Å². The number of carbonyl (C=O) groups excluding carboxylic acids is 1. The van der Waals surface area contributed by atoms with E-state index in [1.54, 1.807) is 6.08 Å². The van der Waals surface area contributed by atoms with E-state index in [0.717, 1.165) is 51.4 Å². The third-order valence-electron chi connectivity index (χ3n) is 21.2. The van der Waals surface area contributed by atoms with Crippen LogP contribution >= 0.6 is 0 Å². The van der Waals surface area contributed by atoms with Crippen molar-refractivity contribution in [2.75, 3.05) is 19.8 Å². The quantitative estimate of drug-likeness (QED) is 0.0204. The fourth-order valence-corrected chi connectivity index (χ4v) is 14.3. The van der Waals surface area contributed by atoms with Crippen molar-refractivity contribution < 1.29 is 64.6 Å². The molecule has 0 aromatic carbocycles. The lowest BCUT2D eigenvalue weighted by molar-refractivity contribution is -0.359. The summed E-state index contributed by atoms with van der Waals surface area (Å²) in [5.74, 6) is -0.246. The highest BCUT2D eigenvalue weighted by Gasteiger charge is 2.51. The molecule has 598 valence electrons. The van der Waals surface area contributed by atoms with Crippen molar-refractivity contribution in [2.45, 2.75) is 473 Å². The number of hydrogen-bond acceptors (Lipinski definition) is 13. The molecule has 0 aliphatic carbocycles. The zero-order valence-electron chi connectivity index (χ0n) is 65.9. The number of unbranched alkanes of at least 4 members (excludes halogenated alkanes) is 53. The Morgan fingerprint density at radius 3 is 1.02 bits per heavy atom. The number of aliphatic hydroxyl groups excluding tert-OH is 8. The molecule has 0 radical (unpaired) electrons. The molecule has 0 spiro atoms. The summed E-state index contributed by atoms with van der Waals surface area (Å²) in [6.07, 6.45) is 82.0. The highest BCUT2D eigenvalue weighted by Crippen LogP contribution is 2.30. The molecular weight excluding hydrogens is 1280 g/mol. The van der Waals surface area contributed by atoms with Gasteiger partial charge in [-0.25, -0.2) is 0 Å². The van der Waals surface area contributed by atoms with Gasteiger partial charge in [0.25, 0.3) is 0 Å². The molecule has 0 bridgehead atoms. The Bertz CT molecular complexity index is 1950. The first kappa shape index (κ1) is 95.8. The summed E-state index contributed by atoms with van der Waals surface area (Å²) < 4.78 is 22.9. The number of nitrogens with one attached hydrogen (secondary N) is 1. The van der Waals surface area contributed by atoms with Gasteiger partial charge >= 0.3 is 0 Å². The van der Waals surface area contributed by atoms with E-state index in [9.17, 15) is 45.6 Å². The van der Waals surface area contributed by atoms with Gasteiger partial charge in [0.2, 0.25) is 5.91 Å². The Labute approximate surface area is 626 Å². The number of rotatable bonds is 74. The highest BCUT2D eigenvalue weighted by atomic mass is 16.7. The summed E-state index contributed by atoms with van der Waals surface area (Å²) in [5.41, 5.74) is 0. The first-order valence-corrected chi connectivity index (χ1v) is 43.5. The summed E-state index contributed by atoms with van der Waals surface area (Å²) in [6, 6.07) is -0.940. The molecule has 0 saturated carbocycles. The van der Waals surface area contributed by atoms with Crippen LogP contribution in [0.2, 0.25) is 0 Å². The highest BCUT2D eigenvalue weighted by molar-refractivity contribution is 5.76. The van der Waals surface area contributed by atoms with Gasteiger partial charge in [-0.3, -0.25) is 4.79 Å². The number of amides is 1. The SMILES string of the molecule is CCCCCCC/C=C\C/C=C\CCCCCCCCCCCCCCCCCCCCCCCCCCCCCCCC(=O)NC(COC1OC(CO)C(OC2OC(CO)C(O)C(O)C2O)C(O)C1O)C(O)/C=C/CC/C=C/CC/C=C/CCCCCCCCCCCCCCCCCCC. The van der Waals surface area contributed by atoms with Crippen LogP contribution in [0.3, 0.4) is 0 Å². The maximum Gasteiger partial charge on any atom is 0.220 e. The molecule has 102 heavy (non-hydrogen) atoms. The lowest BCUT2D eigenvalue weighted by Crippen LogP contribution is -2.65. The minimum Gasteiger partial charge on any atom is -0.394 e. The van der Waals surface area contributed by atoms with E-state index in [1.807, 2.05) is 6.08 Å². The van der Waals surface area contributed by atoms with Gasteiger partial charge in [0, 0.05) is 6.42 Å². The normalized spacial score (nSPS) is 21.9. The van der Waals surface area contributed by atoms with E-state index in [-0.39, 0.29) is 18.9 Å². The minimum absolute atomic E-state index is 0.246. The van der Waals surface area contributed by atoms with Crippen molar-refractivity contribution >= 4 is 5.91 Å². The molecule has 2 rings (SSSR count). The summed E-state index contributed by atoms with van der Waals surface area (Å²) >= 11 is 0. The van der Waals surface area contributed by atoms with Gasteiger partial charge in [-0.2, -0.15) is 0 Å². The van der Waals surface area contributed by atoms with Crippen LogP contribution in [-0.4, -0.2) is 140 Å². The second kappa shape index (κ2) is 71.6. The van der Waals surface area contributed by atoms with Crippen LogP contribution in [0, 0.1) is 0 Å².